The van der Waals surface area contributed by atoms with Crippen molar-refractivity contribution in [3.05, 3.63) is 88.1 Å². The fourth-order valence-electron chi connectivity index (χ4n) is 3.13. The molecule has 4 aromatic rings. The van der Waals surface area contributed by atoms with Gasteiger partial charge in [0.25, 0.3) is 11.6 Å². The Bertz CT molecular complexity index is 1240. The van der Waals surface area contributed by atoms with Crippen LogP contribution < -0.4 is 10.1 Å². The summed E-state index contributed by atoms with van der Waals surface area (Å²) < 4.78 is 7.02. The second-order valence-electron chi connectivity index (χ2n) is 6.73. The van der Waals surface area contributed by atoms with Gasteiger partial charge in [0.1, 0.15) is 22.9 Å². The highest BCUT2D eigenvalue weighted by Gasteiger charge is 2.18. The third-order valence-electron chi connectivity index (χ3n) is 4.72. The number of fused-ring (bicyclic) bond motifs is 1. The first-order valence-corrected chi connectivity index (χ1v) is 9.15. The molecule has 0 spiro atoms. The zero-order valence-corrected chi connectivity index (χ0v) is 16.3. The number of rotatable bonds is 5. The van der Waals surface area contributed by atoms with Crippen LogP contribution in [0.2, 0.25) is 0 Å². The number of carbonyl (C=O) groups excluding carboxylic acids is 1. The van der Waals surface area contributed by atoms with Gasteiger partial charge >= 0.3 is 0 Å². The highest BCUT2D eigenvalue weighted by atomic mass is 16.6. The molecule has 30 heavy (non-hydrogen) atoms. The fraction of sp³-hybridized carbons (Fsp3) is 0.0909. The van der Waals surface area contributed by atoms with Crippen molar-refractivity contribution in [2.45, 2.75) is 6.92 Å². The van der Waals surface area contributed by atoms with Crippen LogP contribution in [0.15, 0.2) is 66.9 Å². The number of non-ortho nitro benzene ring substituents is 1. The van der Waals surface area contributed by atoms with Gasteiger partial charge in [-0.2, -0.15) is 0 Å². The van der Waals surface area contributed by atoms with Crippen LogP contribution in [0.5, 0.6) is 5.75 Å². The number of carbonyl (C=O) groups is 1. The van der Waals surface area contributed by atoms with E-state index >= 15 is 0 Å². The van der Waals surface area contributed by atoms with Crippen LogP contribution in [0.4, 0.5) is 11.5 Å². The SMILES string of the molecule is COc1ccc(-c2nc3cc(C)ccn3c2NC(=O)c2ccc([N+](=O)[O-])cc2)cc1. The number of amides is 1. The standard InChI is InChI=1S/C22H18N4O4/c1-14-11-12-25-19(13-14)23-20(15-5-9-18(30-2)10-6-15)21(25)24-22(27)16-3-7-17(8-4-16)26(28)29/h3-13H,1-2H3,(H,24,27). The average Bonchev–Trinajstić information content (AvgIpc) is 3.11. The van der Waals surface area contributed by atoms with E-state index in [4.69, 9.17) is 9.72 Å². The second-order valence-corrected chi connectivity index (χ2v) is 6.73. The van der Waals surface area contributed by atoms with Gasteiger partial charge < -0.3 is 10.1 Å². The Labute approximate surface area is 171 Å². The van der Waals surface area contributed by atoms with Crippen molar-refractivity contribution >= 4 is 23.1 Å². The molecule has 0 aliphatic carbocycles. The van der Waals surface area contributed by atoms with Gasteiger partial charge in [0.15, 0.2) is 0 Å². The molecule has 0 saturated carbocycles. The van der Waals surface area contributed by atoms with Crippen LogP contribution in [0, 0.1) is 17.0 Å². The molecular formula is C22H18N4O4. The van der Waals surface area contributed by atoms with Gasteiger partial charge in [0.05, 0.1) is 12.0 Å². The number of hydrogen-bond acceptors (Lipinski definition) is 5. The molecule has 0 radical (unpaired) electrons. The number of aryl methyl sites for hydroxylation is 1. The summed E-state index contributed by atoms with van der Waals surface area (Å²) in [6.07, 6.45) is 1.84. The summed E-state index contributed by atoms with van der Waals surface area (Å²) in [7, 11) is 1.60. The molecule has 2 heterocycles. The molecule has 0 fully saturated rings. The maximum absolute atomic E-state index is 12.8. The number of pyridine rings is 1. The Morgan fingerprint density at radius 3 is 2.43 bits per heavy atom. The number of aromatic nitrogens is 2. The number of hydrogen-bond donors (Lipinski definition) is 1. The van der Waals surface area contributed by atoms with E-state index in [0.29, 0.717) is 22.7 Å². The van der Waals surface area contributed by atoms with Crippen LogP contribution >= 0.6 is 0 Å². The first-order chi connectivity index (χ1) is 14.5. The normalized spacial score (nSPS) is 10.7. The van der Waals surface area contributed by atoms with Crippen molar-refractivity contribution in [3.63, 3.8) is 0 Å². The molecule has 1 amide bonds. The summed E-state index contributed by atoms with van der Waals surface area (Å²) in [5.74, 6) is 0.843. The van der Waals surface area contributed by atoms with E-state index < -0.39 is 4.92 Å². The van der Waals surface area contributed by atoms with Gasteiger partial charge in [-0.05, 0) is 61.0 Å². The molecule has 150 valence electrons. The van der Waals surface area contributed by atoms with E-state index in [2.05, 4.69) is 5.32 Å². The third-order valence-corrected chi connectivity index (χ3v) is 4.72. The lowest BCUT2D eigenvalue weighted by Gasteiger charge is -2.09. The van der Waals surface area contributed by atoms with Gasteiger partial charge in [-0.1, -0.05) is 0 Å². The Kier molecular flexibility index (Phi) is 4.89. The first kappa shape index (κ1) is 19.1. The van der Waals surface area contributed by atoms with Crippen molar-refractivity contribution in [1.29, 1.82) is 0 Å². The van der Waals surface area contributed by atoms with Crippen molar-refractivity contribution < 1.29 is 14.5 Å². The topological polar surface area (TPSA) is 98.8 Å². The van der Waals surface area contributed by atoms with Gasteiger partial charge in [0, 0.05) is 29.5 Å². The number of imidazole rings is 1. The van der Waals surface area contributed by atoms with Crippen molar-refractivity contribution in [3.8, 4) is 17.0 Å². The molecule has 0 unspecified atom stereocenters. The number of nitrogens with zero attached hydrogens (tertiary/aromatic N) is 3. The molecular weight excluding hydrogens is 384 g/mol. The van der Waals surface area contributed by atoms with Crippen molar-refractivity contribution in [1.82, 2.24) is 9.38 Å². The molecule has 0 bridgehead atoms. The monoisotopic (exact) mass is 402 g/mol. The minimum atomic E-state index is -0.504. The van der Waals surface area contributed by atoms with E-state index in [0.717, 1.165) is 16.9 Å². The van der Waals surface area contributed by atoms with Gasteiger partial charge in [-0.3, -0.25) is 19.3 Å². The lowest BCUT2D eigenvalue weighted by atomic mass is 10.1. The maximum Gasteiger partial charge on any atom is 0.269 e. The average molecular weight is 402 g/mol. The molecule has 2 aromatic heterocycles. The Morgan fingerprint density at radius 1 is 1.10 bits per heavy atom. The molecule has 0 saturated heterocycles. The molecule has 8 heteroatoms. The summed E-state index contributed by atoms with van der Waals surface area (Å²) in [6.45, 7) is 1.97. The van der Waals surface area contributed by atoms with Crippen molar-refractivity contribution in [2.24, 2.45) is 0 Å². The number of nitrogens with one attached hydrogen (secondary N) is 1. The summed E-state index contributed by atoms with van der Waals surface area (Å²) >= 11 is 0. The van der Waals surface area contributed by atoms with E-state index in [1.165, 1.54) is 24.3 Å². The maximum atomic E-state index is 12.8. The molecule has 0 aliphatic heterocycles. The highest BCUT2D eigenvalue weighted by Crippen LogP contribution is 2.31. The molecule has 8 nitrogen and oxygen atoms in total. The molecule has 1 N–H and O–H groups in total. The van der Waals surface area contributed by atoms with E-state index in [1.54, 1.807) is 11.5 Å². The minimum Gasteiger partial charge on any atom is -0.497 e. The second kappa shape index (κ2) is 7.67. The molecule has 2 aromatic carbocycles. The third kappa shape index (κ3) is 3.58. The molecule has 0 atom stereocenters. The Hall–Kier alpha value is -4.20. The summed E-state index contributed by atoms with van der Waals surface area (Å²) in [5.41, 5.74) is 3.40. The summed E-state index contributed by atoms with van der Waals surface area (Å²) in [6, 6.07) is 16.7. The van der Waals surface area contributed by atoms with E-state index in [-0.39, 0.29) is 11.6 Å². The smallest absolute Gasteiger partial charge is 0.269 e. The number of methoxy groups -OCH3 is 1. The number of ether oxygens (including phenoxy) is 1. The lowest BCUT2D eigenvalue weighted by Crippen LogP contribution is -2.14. The zero-order chi connectivity index (χ0) is 21.3. The van der Waals surface area contributed by atoms with Crippen molar-refractivity contribution in [2.75, 3.05) is 12.4 Å². The highest BCUT2D eigenvalue weighted by molar-refractivity contribution is 6.06. The predicted octanol–water partition coefficient (Wildman–Crippen LogP) is 4.48. The van der Waals surface area contributed by atoms with Crippen LogP contribution in [0.1, 0.15) is 15.9 Å². The quantitative estimate of drug-likeness (QED) is 0.392. The fourth-order valence-corrected chi connectivity index (χ4v) is 3.13. The van der Waals surface area contributed by atoms with Crippen LogP contribution in [-0.4, -0.2) is 27.3 Å². The zero-order valence-electron chi connectivity index (χ0n) is 16.3. The predicted molar refractivity (Wildman–Crippen MR) is 113 cm³/mol. The van der Waals surface area contributed by atoms with Crippen LogP contribution in [-0.2, 0) is 0 Å². The number of nitro groups is 1. The first-order valence-electron chi connectivity index (χ1n) is 9.15. The number of nitro benzene ring substituents is 1. The largest absolute Gasteiger partial charge is 0.497 e. The van der Waals surface area contributed by atoms with Gasteiger partial charge in [-0.25, -0.2) is 4.98 Å². The summed E-state index contributed by atoms with van der Waals surface area (Å²) in [4.78, 5) is 27.9. The Morgan fingerprint density at radius 2 is 1.80 bits per heavy atom. The van der Waals surface area contributed by atoms with E-state index in [1.807, 2.05) is 49.5 Å². The number of anilines is 1. The van der Waals surface area contributed by atoms with E-state index in [9.17, 15) is 14.9 Å². The van der Waals surface area contributed by atoms with Crippen LogP contribution in [0.3, 0.4) is 0 Å². The minimum absolute atomic E-state index is 0.0734. The molecule has 4 rings (SSSR count). The van der Waals surface area contributed by atoms with Gasteiger partial charge in [-0.15, -0.1) is 0 Å². The summed E-state index contributed by atoms with van der Waals surface area (Å²) in [5, 5.41) is 13.7. The lowest BCUT2D eigenvalue weighted by molar-refractivity contribution is -0.384. The van der Waals surface area contributed by atoms with Crippen LogP contribution in [0.25, 0.3) is 16.9 Å². The molecule has 0 aliphatic rings. The van der Waals surface area contributed by atoms with Gasteiger partial charge in [0.2, 0.25) is 0 Å². The number of benzene rings is 2. The Balaban J connectivity index is 1.76.